The van der Waals surface area contributed by atoms with E-state index >= 15 is 0 Å². The molecule has 2 aromatic carbocycles. The van der Waals surface area contributed by atoms with Crippen LogP contribution in [0.1, 0.15) is 15.9 Å². The van der Waals surface area contributed by atoms with E-state index in [2.05, 4.69) is 21.2 Å². The molecule has 0 heterocycles. The predicted octanol–water partition coefficient (Wildman–Crippen LogP) is 3.92. The molecule has 0 aliphatic heterocycles. The Bertz CT molecular complexity index is 761. The van der Waals surface area contributed by atoms with E-state index in [-0.39, 0.29) is 12.3 Å². The van der Waals surface area contributed by atoms with Gasteiger partial charge in [-0.05, 0) is 35.9 Å². The molecule has 0 radical (unpaired) electrons. The van der Waals surface area contributed by atoms with E-state index < -0.39 is 18.6 Å². The summed E-state index contributed by atoms with van der Waals surface area (Å²) in [5, 5.41) is 4.51. The first kappa shape index (κ1) is 19.0. The molecule has 2 amide bonds. The minimum Gasteiger partial charge on any atom is -0.347 e. The van der Waals surface area contributed by atoms with Crippen molar-refractivity contribution in [2.24, 2.45) is 0 Å². The summed E-state index contributed by atoms with van der Waals surface area (Å²) in [7, 11) is 0. The van der Waals surface area contributed by atoms with E-state index in [1.165, 1.54) is 0 Å². The topological polar surface area (TPSA) is 58.2 Å². The maximum absolute atomic E-state index is 12.1. The van der Waals surface area contributed by atoms with Gasteiger partial charge in [0.25, 0.3) is 5.91 Å². The summed E-state index contributed by atoms with van der Waals surface area (Å²) in [4.78, 5) is 23.6. The second-order valence-corrected chi connectivity index (χ2v) is 6.15. The molecule has 0 saturated heterocycles. The lowest BCUT2D eigenvalue weighted by atomic mass is 10.1. The van der Waals surface area contributed by atoms with Gasteiger partial charge in [0, 0.05) is 15.7 Å². The molecular weight excluding hydrogens is 401 g/mol. The molecule has 0 aliphatic rings. The van der Waals surface area contributed by atoms with Crippen molar-refractivity contribution in [3.63, 3.8) is 0 Å². The quantitative estimate of drug-likeness (QED) is 0.778. The molecule has 0 bridgehead atoms. The second kappa shape index (κ2) is 8.15. The zero-order valence-corrected chi connectivity index (χ0v) is 14.4. The van der Waals surface area contributed by atoms with Crippen molar-refractivity contribution >= 4 is 33.4 Å². The number of hydrogen-bond donors (Lipinski definition) is 2. The molecule has 2 aromatic rings. The summed E-state index contributed by atoms with van der Waals surface area (Å²) >= 11 is 3.28. The van der Waals surface area contributed by atoms with Crippen molar-refractivity contribution in [3.8, 4) is 0 Å². The van der Waals surface area contributed by atoms with Gasteiger partial charge in [-0.1, -0.05) is 34.1 Å². The molecule has 0 fully saturated rings. The molecule has 0 spiro atoms. The Kier molecular flexibility index (Phi) is 6.19. The average molecular weight is 415 g/mol. The van der Waals surface area contributed by atoms with Gasteiger partial charge < -0.3 is 10.6 Å². The van der Waals surface area contributed by atoms with Crippen LogP contribution in [0.4, 0.5) is 18.9 Å². The van der Waals surface area contributed by atoms with Crippen LogP contribution in [0.25, 0.3) is 0 Å². The maximum Gasteiger partial charge on any atom is 0.405 e. The molecule has 8 heteroatoms. The van der Waals surface area contributed by atoms with Gasteiger partial charge in [-0.3, -0.25) is 9.59 Å². The standard InChI is InChI=1S/C17H14BrF3N2O2/c18-13-3-1-2-12(9-13)16(25)23-14-6-4-11(5-7-14)8-15(24)22-10-17(19,20)21/h1-7,9H,8,10H2,(H,22,24)(H,23,25). The Morgan fingerprint density at radius 1 is 1.04 bits per heavy atom. The van der Waals surface area contributed by atoms with Crippen molar-refractivity contribution in [2.45, 2.75) is 12.6 Å². The smallest absolute Gasteiger partial charge is 0.347 e. The Hall–Kier alpha value is -2.35. The zero-order chi connectivity index (χ0) is 18.4. The molecule has 0 atom stereocenters. The predicted molar refractivity (Wildman–Crippen MR) is 91.3 cm³/mol. The van der Waals surface area contributed by atoms with Gasteiger partial charge in [-0.2, -0.15) is 13.2 Å². The van der Waals surface area contributed by atoms with Gasteiger partial charge in [-0.25, -0.2) is 0 Å². The fourth-order valence-electron chi connectivity index (χ4n) is 1.99. The molecular formula is C17H14BrF3N2O2. The highest BCUT2D eigenvalue weighted by atomic mass is 79.9. The van der Waals surface area contributed by atoms with E-state index in [0.717, 1.165) is 4.47 Å². The third kappa shape index (κ3) is 6.58. The second-order valence-electron chi connectivity index (χ2n) is 5.23. The van der Waals surface area contributed by atoms with Crippen LogP contribution in [0, 0.1) is 0 Å². The number of benzene rings is 2. The van der Waals surface area contributed by atoms with Crippen LogP contribution in [-0.2, 0) is 11.2 Å². The minimum absolute atomic E-state index is 0.171. The summed E-state index contributed by atoms with van der Waals surface area (Å²) < 4.78 is 36.9. The highest BCUT2D eigenvalue weighted by molar-refractivity contribution is 9.10. The van der Waals surface area contributed by atoms with E-state index in [0.29, 0.717) is 16.8 Å². The molecule has 0 saturated carbocycles. The third-order valence-electron chi connectivity index (χ3n) is 3.15. The van der Waals surface area contributed by atoms with Gasteiger partial charge in [0.2, 0.25) is 5.91 Å². The van der Waals surface area contributed by atoms with Crippen LogP contribution >= 0.6 is 15.9 Å². The maximum atomic E-state index is 12.1. The normalized spacial score (nSPS) is 11.0. The van der Waals surface area contributed by atoms with Gasteiger partial charge in [0.1, 0.15) is 6.54 Å². The van der Waals surface area contributed by atoms with E-state index in [1.54, 1.807) is 53.8 Å². The van der Waals surface area contributed by atoms with Gasteiger partial charge in [-0.15, -0.1) is 0 Å². The first-order valence-electron chi connectivity index (χ1n) is 7.22. The number of carbonyl (C=O) groups excluding carboxylic acids is 2. The Balaban J connectivity index is 1.91. The number of halogens is 4. The molecule has 0 aliphatic carbocycles. The average Bonchev–Trinajstić information content (AvgIpc) is 2.54. The SMILES string of the molecule is O=C(Cc1ccc(NC(=O)c2cccc(Br)c2)cc1)NCC(F)(F)F. The first-order valence-corrected chi connectivity index (χ1v) is 8.01. The largest absolute Gasteiger partial charge is 0.405 e. The highest BCUT2D eigenvalue weighted by Crippen LogP contribution is 2.15. The van der Waals surface area contributed by atoms with Crippen molar-refractivity contribution in [3.05, 3.63) is 64.1 Å². The van der Waals surface area contributed by atoms with Crippen molar-refractivity contribution < 1.29 is 22.8 Å². The van der Waals surface area contributed by atoms with Crippen LogP contribution in [0.5, 0.6) is 0 Å². The summed E-state index contributed by atoms with van der Waals surface area (Å²) in [6.45, 7) is -1.35. The molecule has 4 nitrogen and oxygen atoms in total. The number of alkyl halides is 3. The van der Waals surface area contributed by atoms with Crippen molar-refractivity contribution in [2.75, 3.05) is 11.9 Å². The Labute approximate surface area is 150 Å². The zero-order valence-electron chi connectivity index (χ0n) is 12.9. The number of hydrogen-bond acceptors (Lipinski definition) is 2. The first-order chi connectivity index (χ1) is 11.7. The van der Waals surface area contributed by atoms with Crippen molar-refractivity contribution in [1.29, 1.82) is 0 Å². The monoisotopic (exact) mass is 414 g/mol. The lowest BCUT2D eigenvalue weighted by Crippen LogP contribution is -2.34. The lowest BCUT2D eigenvalue weighted by Gasteiger charge is -2.09. The fourth-order valence-corrected chi connectivity index (χ4v) is 2.38. The number of anilines is 1. The van der Waals surface area contributed by atoms with Gasteiger partial charge in [0.05, 0.1) is 6.42 Å². The van der Waals surface area contributed by atoms with E-state index in [4.69, 9.17) is 0 Å². The number of rotatable bonds is 5. The van der Waals surface area contributed by atoms with E-state index in [1.807, 2.05) is 0 Å². The summed E-state index contributed by atoms with van der Waals surface area (Å²) in [6.07, 6.45) is -4.60. The molecule has 2 rings (SSSR count). The number of nitrogens with one attached hydrogen (secondary N) is 2. The summed E-state index contributed by atoms with van der Waals surface area (Å²) in [5.41, 5.74) is 1.54. The summed E-state index contributed by atoms with van der Waals surface area (Å²) in [6, 6.07) is 13.2. The van der Waals surface area contributed by atoms with Gasteiger partial charge >= 0.3 is 6.18 Å². The summed E-state index contributed by atoms with van der Waals surface area (Å²) in [5.74, 6) is -1.01. The minimum atomic E-state index is -4.43. The van der Waals surface area contributed by atoms with Crippen LogP contribution in [0.3, 0.4) is 0 Å². The number of carbonyl (C=O) groups is 2. The molecule has 0 aromatic heterocycles. The van der Waals surface area contributed by atoms with Crippen LogP contribution in [0.2, 0.25) is 0 Å². The molecule has 0 unspecified atom stereocenters. The van der Waals surface area contributed by atoms with E-state index in [9.17, 15) is 22.8 Å². The molecule has 132 valence electrons. The van der Waals surface area contributed by atoms with Gasteiger partial charge in [0.15, 0.2) is 0 Å². The molecule has 25 heavy (non-hydrogen) atoms. The van der Waals surface area contributed by atoms with Crippen LogP contribution < -0.4 is 10.6 Å². The third-order valence-corrected chi connectivity index (χ3v) is 3.64. The van der Waals surface area contributed by atoms with Crippen LogP contribution in [0.15, 0.2) is 53.0 Å². The Morgan fingerprint density at radius 2 is 1.72 bits per heavy atom. The number of amides is 2. The molecule has 2 N–H and O–H groups in total. The lowest BCUT2D eigenvalue weighted by molar-refractivity contribution is -0.138. The Morgan fingerprint density at radius 3 is 2.32 bits per heavy atom. The van der Waals surface area contributed by atoms with Crippen molar-refractivity contribution in [1.82, 2.24) is 5.32 Å². The van der Waals surface area contributed by atoms with Crippen LogP contribution in [-0.4, -0.2) is 24.5 Å². The fraction of sp³-hybridized carbons (Fsp3) is 0.176. The highest BCUT2D eigenvalue weighted by Gasteiger charge is 2.27.